The van der Waals surface area contributed by atoms with Gasteiger partial charge in [-0.15, -0.1) is 11.3 Å². The number of benzene rings is 2. The predicted octanol–water partition coefficient (Wildman–Crippen LogP) is 6.16. The number of carbonyl (C=O) groups excluding carboxylic acids is 1. The number of rotatable bonds is 7. The number of allylic oxidation sites excluding steroid dienone is 1. The molecule has 0 atom stereocenters. The standard InChI is InChI=1S/C24H24O3S/c1-16-6-5-7-22(18(16)3)27-15-20-14-19(10-12-23(20)26-4)9-11-21(25)24-13-8-17(2)28-24/h5-14H,15H2,1-4H3/b11-9+. The van der Waals surface area contributed by atoms with Crippen molar-refractivity contribution in [3.8, 4) is 11.5 Å². The third kappa shape index (κ3) is 4.70. The van der Waals surface area contributed by atoms with E-state index in [-0.39, 0.29) is 5.78 Å². The van der Waals surface area contributed by atoms with Crippen molar-refractivity contribution < 1.29 is 14.3 Å². The molecule has 1 heterocycles. The Balaban J connectivity index is 1.77. The van der Waals surface area contributed by atoms with E-state index in [9.17, 15) is 4.79 Å². The monoisotopic (exact) mass is 392 g/mol. The van der Waals surface area contributed by atoms with Gasteiger partial charge in [0.1, 0.15) is 18.1 Å². The Bertz CT molecular complexity index is 1010. The second-order valence-electron chi connectivity index (χ2n) is 6.67. The van der Waals surface area contributed by atoms with E-state index in [4.69, 9.17) is 9.47 Å². The number of hydrogen-bond donors (Lipinski definition) is 0. The molecule has 4 heteroatoms. The van der Waals surface area contributed by atoms with Crippen LogP contribution in [0.15, 0.2) is 54.6 Å². The van der Waals surface area contributed by atoms with Gasteiger partial charge in [0.05, 0.1) is 12.0 Å². The normalized spacial score (nSPS) is 11.0. The molecule has 144 valence electrons. The summed E-state index contributed by atoms with van der Waals surface area (Å²) in [5, 5.41) is 0. The van der Waals surface area contributed by atoms with Gasteiger partial charge in [0.15, 0.2) is 5.78 Å². The van der Waals surface area contributed by atoms with Crippen LogP contribution >= 0.6 is 11.3 Å². The van der Waals surface area contributed by atoms with E-state index in [0.717, 1.165) is 37.9 Å². The van der Waals surface area contributed by atoms with Gasteiger partial charge in [-0.05, 0) is 73.9 Å². The molecule has 3 aromatic rings. The van der Waals surface area contributed by atoms with Crippen LogP contribution in [0.25, 0.3) is 6.08 Å². The van der Waals surface area contributed by atoms with Gasteiger partial charge in [0.2, 0.25) is 0 Å². The highest BCUT2D eigenvalue weighted by Crippen LogP contribution is 2.26. The first-order chi connectivity index (χ1) is 13.5. The number of aryl methyl sites for hydroxylation is 2. The highest BCUT2D eigenvalue weighted by Gasteiger charge is 2.08. The molecule has 0 aliphatic rings. The molecule has 0 radical (unpaired) electrons. The van der Waals surface area contributed by atoms with Crippen LogP contribution in [0.1, 0.15) is 36.8 Å². The zero-order valence-electron chi connectivity index (χ0n) is 16.6. The Morgan fingerprint density at radius 2 is 1.86 bits per heavy atom. The largest absolute Gasteiger partial charge is 0.496 e. The molecule has 0 spiro atoms. The zero-order chi connectivity index (χ0) is 20.1. The van der Waals surface area contributed by atoms with Crippen molar-refractivity contribution in [1.82, 2.24) is 0 Å². The van der Waals surface area contributed by atoms with Gasteiger partial charge in [-0.2, -0.15) is 0 Å². The SMILES string of the molecule is COc1ccc(/C=C/C(=O)c2ccc(C)s2)cc1COc1cccc(C)c1C. The lowest BCUT2D eigenvalue weighted by Gasteiger charge is -2.13. The van der Waals surface area contributed by atoms with Crippen molar-refractivity contribution in [2.75, 3.05) is 7.11 Å². The van der Waals surface area contributed by atoms with E-state index in [0.29, 0.717) is 6.61 Å². The number of ketones is 1. The van der Waals surface area contributed by atoms with Crippen LogP contribution in [-0.2, 0) is 6.61 Å². The first kappa shape index (κ1) is 19.9. The third-order valence-corrected chi connectivity index (χ3v) is 5.67. The number of hydrogen-bond acceptors (Lipinski definition) is 4. The number of carbonyl (C=O) groups is 1. The molecule has 0 unspecified atom stereocenters. The zero-order valence-corrected chi connectivity index (χ0v) is 17.4. The molecule has 0 fully saturated rings. The van der Waals surface area contributed by atoms with Crippen molar-refractivity contribution in [2.24, 2.45) is 0 Å². The van der Waals surface area contributed by atoms with Crippen molar-refractivity contribution >= 4 is 23.2 Å². The van der Waals surface area contributed by atoms with Gasteiger partial charge >= 0.3 is 0 Å². The Hall–Kier alpha value is -2.85. The lowest BCUT2D eigenvalue weighted by Crippen LogP contribution is -2.01. The molecule has 0 saturated heterocycles. The minimum atomic E-state index is 0.0158. The maximum atomic E-state index is 12.3. The minimum absolute atomic E-state index is 0.0158. The van der Waals surface area contributed by atoms with Crippen LogP contribution in [0.3, 0.4) is 0 Å². The number of thiophene rings is 1. The molecule has 0 aliphatic carbocycles. The summed E-state index contributed by atoms with van der Waals surface area (Å²) in [5.74, 6) is 1.65. The van der Waals surface area contributed by atoms with Crippen LogP contribution in [0, 0.1) is 20.8 Å². The van der Waals surface area contributed by atoms with E-state index >= 15 is 0 Å². The Morgan fingerprint density at radius 3 is 2.57 bits per heavy atom. The van der Waals surface area contributed by atoms with Crippen LogP contribution in [-0.4, -0.2) is 12.9 Å². The lowest BCUT2D eigenvalue weighted by atomic mass is 10.1. The van der Waals surface area contributed by atoms with Gasteiger partial charge in [-0.3, -0.25) is 4.79 Å². The molecular formula is C24H24O3S. The van der Waals surface area contributed by atoms with E-state index in [1.54, 1.807) is 13.2 Å². The summed E-state index contributed by atoms with van der Waals surface area (Å²) in [7, 11) is 1.65. The van der Waals surface area contributed by atoms with Gasteiger partial charge < -0.3 is 9.47 Å². The fourth-order valence-electron chi connectivity index (χ4n) is 2.87. The molecule has 0 amide bonds. The van der Waals surface area contributed by atoms with Crippen LogP contribution < -0.4 is 9.47 Å². The quantitative estimate of drug-likeness (QED) is 0.357. The summed E-state index contributed by atoms with van der Waals surface area (Å²) < 4.78 is 11.5. The van der Waals surface area contributed by atoms with Crippen molar-refractivity contribution in [3.05, 3.63) is 86.6 Å². The van der Waals surface area contributed by atoms with E-state index in [1.165, 1.54) is 16.9 Å². The van der Waals surface area contributed by atoms with E-state index < -0.39 is 0 Å². The second-order valence-corrected chi connectivity index (χ2v) is 7.95. The van der Waals surface area contributed by atoms with E-state index in [1.807, 2.05) is 55.5 Å². The lowest BCUT2D eigenvalue weighted by molar-refractivity contribution is 0.105. The first-order valence-electron chi connectivity index (χ1n) is 9.12. The maximum Gasteiger partial charge on any atom is 0.195 e. The average molecular weight is 393 g/mol. The Labute approximate surface area is 170 Å². The van der Waals surface area contributed by atoms with Crippen LogP contribution in [0.5, 0.6) is 11.5 Å². The smallest absolute Gasteiger partial charge is 0.195 e. The summed E-state index contributed by atoms with van der Waals surface area (Å²) in [6.45, 7) is 6.52. The molecule has 2 aromatic carbocycles. The van der Waals surface area contributed by atoms with Gasteiger partial charge in [0.25, 0.3) is 0 Å². The third-order valence-electron chi connectivity index (χ3n) is 4.65. The number of methoxy groups -OCH3 is 1. The fourth-order valence-corrected chi connectivity index (χ4v) is 3.66. The predicted molar refractivity (Wildman–Crippen MR) is 116 cm³/mol. The molecular weight excluding hydrogens is 368 g/mol. The average Bonchev–Trinajstić information content (AvgIpc) is 3.13. The molecule has 3 rings (SSSR count). The van der Waals surface area contributed by atoms with E-state index in [2.05, 4.69) is 19.9 Å². The second kappa shape index (κ2) is 8.89. The van der Waals surface area contributed by atoms with Crippen molar-refractivity contribution in [2.45, 2.75) is 27.4 Å². The summed E-state index contributed by atoms with van der Waals surface area (Å²) in [4.78, 5) is 14.2. The molecule has 0 saturated carbocycles. The summed E-state index contributed by atoms with van der Waals surface area (Å²) in [6, 6.07) is 15.7. The van der Waals surface area contributed by atoms with Crippen molar-refractivity contribution in [1.29, 1.82) is 0 Å². The highest BCUT2D eigenvalue weighted by atomic mass is 32.1. The van der Waals surface area contributed by atoms with Gasteiger partial charge in [0, 0.05) is 10.4 Å². The van der Waals surface area contributed by atoms with Crippen LogP contribution in [0.4, 0.5) is 0 Å². The maximum absolute atomic E-state index is 12.3. The topological polar surface area (TPSA) is 35.5 Å². The number of ether oxygens (including phenoxy) is 2. The summed E-state index contributed by atoms with van der Waals surface area (Å²) in [5.41, 5.74) is 4.20. The minimum Gasteiger partial charge on any atom is -0.496 e. The first-order valence-corrected chi connectivity index (χ1v) is 9.94. The molecule has 0 bridgehead atoms. The Morgan fingerprint density at radius 1 is 1.04 bits per heavy atom. The molecule has 28 heavy (non-hydrogen) atoms. The molecule has 1 aromatic heterocycles. The highest BCUT2D eigenvalue weighted by molar-refractivity contribution is 7.14. The van der Waals surface area contributed by atoms with Gasteiger partial charge in [-0.25, -0.2) is 0 Å². The van der Waals surface area contributed by atoms with Crippen LogP contribution in [0.2, 0.25) is 0 Å². The summed E-state index contributed by atoms with van der Waals surface area (Å²) >= 11 is 1.51. The van der Waals surface area contributed by atoms with Crippen molar-refractivity contribution in [3.63, 3.8) is 0 Å². The molecule has 3 nitrogen and oxygen atoms in total. The summed E-state index contributed by atoms with van der Waals surface area (Å²) in [6.07, 6.45) is 3.45. The Kier molecular flexibility index (Phi) is 6.32. The fraction of sp³-hybridized carbons (Fsp3) is 0.208. The van der Waals surface area contributed by atoms with Gasteiger partial charge in [-0.1, -0.05) is 24.3 Å². The molecule has 0 aliphatic heterocycles. The molecule has 0 N–H and O–H groups in total.